The third-order valence-corrected chi connectivity index (χ3v) is 7.38. The summed E-state index contributed by atoms with van der Waals surface area (Å²) in [6, 6.07) is 4.75. The average Bonchev–Trinajstić information content (AvgIpc) is 3.39. The van der Waals surface area contributed by atoms with Gasteiger partial charge in [0.15, 0.2) is 11.5 Å². The highest BCUT2D eigenvalue weighted by atomic mass is 32.2. The second-order valence-corrected chi connectivity index (χ2v) is 9.36. The van der Waals surface area contributed by atoms with Crippen LogP contribution in [-0.2, 0) is 10.0 Å². The van der Waals surface area contributed by atoms with Gasteiger partial charge in [-0.2, -0.15) is 4.31 Å². The van der Waals surface area contributed by atoms with E-state index in [4.69, 9.17) is 9.47 Å². The van der Waals surface area contributed by atoms with Crippen LogP contribution in [0.5, 0.6) is 11.5 Å². The van der Waals surface area contributed by atoms with Gasteiger partial charge in [-0.05, 0) is 31.9 Å². The minimum atomic E-state index is -3.31. The molecule has 144 valence electrons. The maximum atomic E-state index is 12.5. The topological polar surface area (TPSA) is 111 Å². The van der Waals surface area contributed by atoms with E-state index >= 15 is 0 Å². The molecule has 1 amide bonds. The Labute approximate surface area is 160 Å². The SMILES string of the molecule is CCS(=O)(=O)N1CCC[C@H]1c1nnc(C(=O)Nc2ccc3c(c2)OCO3)s1. The predicted octanol–water partition coefficient (Wildman–Crippen LogP) is 2.01. The number of carbonyl (C=O) groups is 1. The number of aromatic nitrogens is 2. The van der Waals surface area contributed by atoms with Crippen LogP contribution in [0.4, 0.5) is 5.69 Å². The van der Waals surface area contributed by atoms with Gasteiger partial charge in [-0.15, -0.1) is 10.2 Å². The maximum Gasteiger partial charge on any atom is 0.286 e. The minimum absolute atomic E-state index is 0.0414. The summed E-state index contributed by atoms with van der Waals surface area (Å²) in [5.74, 6) is 0.835. The molecule has 9 nitrogen and oxygen atoms in total. The summed E-state index contributed by atoms with van der Waals surface area (Å²) in [5.41, 5.74) is 0.553. The molecule has 1 atom stereocenters. The van der Waals surface area contributed by atoms with Crippen LogP contribution >= 0.6 is 11.3 Å². The first-order valence-corrected chi connectivity index (χ1v) is 10.9. The highest BCUT2D eigenvalue weighted by Gasteiger charge is 2.36. The first-order valence-electron chi connectivity index (χ1n) is 8.52. The van der Waals surface area contributed by atoms with E-state index in [0.29, 0.717) is 35.2 Å². The van der Waals surface area contributed by atoms with Crippen molar-refractivity contribution >= 4 is 33.0 Å². The molecule has 3 heterocycles. The Bertz CT molecular complexity index is 975. The zero-order chi connectivity index (χ0) is 19.0. The monoisotopic (exact) mass is 410 g/mol. The molecule has 27 heavy (non-hydrogen) atoms. The number of nitrogens with zero attached hydrogens (tertiary/aromatic N) is 3. The molecule has 0 spiro atoms. The Morgan fingerprint density at radius 3 is 2.96 bits per heavy atom. The molecule has 1 fully saturated rings. The van der Waals surface area contributed by atoms with Crippen molar-refractivity contribution < 1.29 is 22.7 Å². The van der Waals surface area contributed by atoms with Gasteiger partial charge in [0.25, 0.3) is 5.91 Å². The summed E-state index contributed by atoms with van der Waals surface area (Å²) < 4.78 is 36.5. The van der Waals surface area contributed by atoms with E-state index in [1.165, 1.54) is 4.31 Å². The van der Waals surface area contributed by atoms with Crippen LogP contribution in [0.2, 0.25) is 0 Å². The maximum absolute atomic E-state index is 12.5. The number of nitrogens with one attached hydrogen (secondary N) is 1. The molecule has 0 aliphatic carbocycles. The summed E-state index contributed by atoms with van der Waals surface area (Å²) in [5, 5.41) is 11.5. The summed E-state index contributed by atoms with van der Waals surface area (Å²) in [6.07, 6.45) is 1.44. The Balaban J connectivity index is 1.50. The Hall–Kier alpha value is -2.24. The van der Waals surface area contributed by atoms with Gasteiger partial charge in [0.1, 0.15) is 5.01 Å². The van der Waals surface area contributed by atoms with Gasteiger partial charge in [-0.25, -0.2) is 8.42 Å². The van der Waals surface area contributed by atoms with Gasteiger partial charge in [-0.1, -0.05) is 11.3 Å². The normalized spacial score (nSPS) is 19.4. The molecule has 11 heteroatoms. The smallest absolute Gasteiger partial charge is 0.286 e. The second kappa shape index (κ2) is 7.06. The molecule has 2 aliphatic rings. The van der Waals surface area contributed by atoms with Crippen molar-refractivity contribution in [3.63, 3.8) is 0 Å². The molecule has 1 N–H and O–H groups in total. The number of ether oxygens (including phenoxy) is 2. The molecule has 2 aromatic rings. The van der Waals surface area contributed by atoms with Crippen molar-refractivity contribution in [1.29, 1.82) is 0 Å². The average molecular weight is 410 g/mol. The first-order chi connectivity index (χ1) is 13.0. The first kappa shape index (κ1) is 18.1. The molecule has 0 unspecified atom stereocenters. The molecule has 0 saturated carbocycles. The van der Waals surface area contributed by atoms with E-state index in [1.54, 1.807) is 25.1 Å². The van der Waals surface area contributed by atoms with E-state index < -0.39 is 15.9 Å². The van der Waals surface area contributed by atoms with Crippen molar-refractivity contribution in [3.8, 4) is 11.5 Å². The second-order valence-electron chi connectivity index (χ2n) is 6.14. The number of carbonyl (C=O) groups excluding carboxylic acids is 1. The van der Waals surface area contributed by atoms with Gasteiger partial charge in [-0.3, -0.25) is 4.79 Å². The molecule has 0 bridgehead atoms. The van der Waals surface area contributed by atoms with Crippen LogP contribution in [0.1, 0.15) is 40.6 Å². The van der Waals surface area contributed by atoms with Crippen LogP contribution in [0.25, 0.3) is 0 Å². The fourth-order valence-electron chi connectivity index (χ4n) is 3.11. The third-order valence-electron chi connectivity index (χ3n) is 4.48. The van der Waals surface area contributed by atoms with Crippen LogP contribution in [0.3, 0.4) is 0 Å². The van der Waals surface area contributed by atoms with E-state index in [2.05, 4.69) is 15.5 Å². The highest BCUT2D eigenvalue weighted by Crippen LogP contribution is 2.36. The molecule has 2 aliphatic heterocycles. The number of rotatable bonds is 5. The number of anilines is 1. The third kappa shape index (κ3) is 3.49. The molecule has 4 rings (SSSR count). The number of hydrogen-bond donors (Lipinski definition) is 1. The number of benzene rings is 1. The fourth-order valence-corrected chi connectivity index (χ4v) is 5.39. The van der Waals surface area contributed by atoms with Crippen LogP contribution in [0, 0.1) is 0 Å². The number of sulfonamides is 1. The van der Waals surface area contributed by atoms with Crippen LogP contribution in [-0.4, -0.2) is 47.9 Å². The van der Waals surface area contributed by atoms with Crippen molar-refractivity contribution in [2.24, 2.45) is 0 Å². The Kier molecular flexibility index (Phi) is 4.74. The van der Waals surface area contributed by atoms with E-state index in [1.807, 2.05) is 0 Å². The summed E-state index contributed by atoms with van der Waals surface area (Å²) in [7, 11) is -3.31. The zero-order valence-corrected chi connectivity index (χ0v) is 16.2. The predicted molar refractivity (Wildman–Crippen MR) is 98.6 cm³/mol. The molecule has 1 aromatic carbocycles. The van der Waals surface area contributed by atoms with Gasteiger partial charge in [0, 0.05) is 18.3 Å². The lowest BCUT2D eigenvalue weighted by molar-refractivity contribution is 0.102. The zero-order valence-electron chi connectivity index (χ0n) is 14.5. The van der Waals surface area contributed by atoms with Gasteiger partial charge in [0.05, 0.1) is 11.8 Å². The van der Waals surface area contributed by atoms with Crippen LogP contribution in [0.15, 0.2) is 18.2 Å². The van der Waals surface area contributed by atoms with Crippen molar-refractivity contribution in [3.05, 3.63) is 28.2 Å². The quantitative estimate of drug-likeness (QED) is 0.802. The van der Waals surface area contributed by atoms with E-state index in [0.717, 1.165) is 17.8 Å². The lowest BCUT2D eigenvalue weighted by atomic mass is 10.2. The summed E-state index contributed by atoms with van der Waals surface area (Å²) in [6.45, 7) is 2.25. The Morgan fingerprint density at radius 1 is 1.33 bits per heavy atom. The lowest BCUT2D eigenvalue weighted by Crippen LogP contribution is -2.31. The summed E-state index contributed by atoms with van der Waals surface area (Å²) >= 11 is 1.12. The lowest BCUT2D eigenvalue weighted by Gasteiger charge is -2.21. The van der Waals surface area contributed by atoms with Gasteiger partial charge < -0.3 is 14.8 Å². The summed E-state index contributed by atoms with van der Waals surface area (Å²) in [4.78, 5) is 12.5. The minimum Gasteiger partial charge on any atom is -0.454 e. The molecule has 1 saturated heterocycles. The Morgan fingerprint density at radius 2 is 2.15 bits per heavy atom. The number of amides is 1. The van der Waals surface area contributed by atoms with Gasteiger partial charge >= 0.3 is 0 Å². The van der Waals surface area contributed by atoms with Crippen molar-refractivity contribution in [1.82, 2.24) is 14.5 Å². The van der Waals surface area contributed by atoms with Gasteiger partial charge in [0.2, 0.25) is 21.8 Å². The van der Waals surface area contributed by atoms with Crippen molar-refractivity contribution in [2.75, 3.05) is 24.4 Å². The number of hydrogen-bond acceptors (Lipinski definition) is 8. The molecule has 1 aromatic heterocycles. The van der Waals surface area contributed by atoms with Crippen LogP contribution < -0.4 is 14.8 Å². The molecule has 0 radical (unpaired) electrons. The van der Waals surface area contributed by atoms with E-state index in [9.17, 15) is 13.2 Å². The largest absolute Gasteiger partial charge is 0.454 e. The highest BCUT2D eigenvalue weighted by molar-refractivity contribution is 7.89. The van der Waals surface area contributed by atoms with Crippen molar-refractivity contribution in [2.45, 2.75) is 25.8 Å². The molecular formula is C16H18N4O5S2. The molecular weight excluding hydrogens is 392 g/mol. The standard InChI is InChI=1S/C16H18N4O5S2/c1-2-27(22,23)20-7-3-4-11(20)15-18-19-16(26-15)14(21)17-10-5-6-12-13(8-10)25-9-24-12/h5-6,8,11H,2-4,7,9H2,1H3,(H,17,21)/t11-/m0/s1. The van der Waals surface area contributed by atoms with E-state index in [-0.39, 0.29) is 23.6 Å². The fraction of sp³-hybridized carbons (Fsp3) is 0.438. The number of fused-ring (bicyclic) bond motifs is 1.